The highest BCUT2D eigenvalue weighted by Crippen LogP contribution is 2.58. The van der Waals surface area contributed by atoms with Crippen molar-refractivity contribution in [1.29, 1.82) is 0 Å². The molecule has 2 aliphatic heterocycles. The van der Waals surface area contributed by atoms with E-state index in [2.05, 4.69) is 60.2 Å². The van der Waals surface area contributed by atoms with Crippen LogP contribution in [0.3, 0.4) is 0 Å². The van der Waals surface area contributed by atoms with Gasteiger partial charge in [0.1, 0.15) is 0 Å². The molecule has 4 aliphatic rings. The first-order valence-corrected chi connectivity index (χ1v) is 11.4. The summed E-state index contributed by atoms with van der Waals surface area (Å²) in [6, 6.07) is 9.50. The van der Waals surface area contributed by atoms with E-state index in [-0.39, 0.29) is 12.1 Å². The van der Waals surface area contributed by atoms with Crippen LogP contribution >= 0.6 is 0 Å². The number of rotatable bonds is 3. The summed E-state index contributed by atoms with van der Waals surface area (Å²) in [4.78, 5) is 4.82. The summed E-state index contributed by atoms with van der Waals surface area (Å²) < 4.78 is 9.14. The van der Waals surface area contributed by atoms with Crippen LogP contribution in [0.1, 0.15) is 71.6 Å². The van der Waals surface area contributed by atoms with Crippen molar-refractivity contribution >= 4 is 5.69 Å². The minimum atomic E-state index is -0.302. The molecule has 2 saturated carbocycles. The second kappa shape index (κ2) is 6.87. The molecule has 0 aromatic heterocycles. The van der Waals surface area contributed by atoms with Gasteiger partial charge >= 0.3 is 0 Å². The maximum absolute atomic E-state index is 9.14. The molecular weight excluding hydrogens is 328 g/mol. The number of hydrogen-bond donors (Lipinski definition) is 0. The molecule has 1 aromatic carbocycles. The van der Waals surface area contributed by atoms with E-state index < -0.39 is 0 Å². The van der Waals surface area contributed by atoms with E-state index in [1.54, 1.807) is 0 Å². The molecule has 5 rings (SSSR count). The summed E-state index contributed by atoms with van der Waals surface area (Å²) in [5.74, 6) is 1.62. The number of fused-ring (bicyclic) bond motifs is 1. The van der Waals surface area contributed by atoms with Crippen LogP contribution in [0, 0.1) is 24.2 Å². The van der Waals surface area contributed by atoms with Gasteiger partial charge in [0.15, 0.2) is 0 Å². The third-order valence-corrected chi connectivity index (χ3v) is 8.29. The third kappa shape index (κ3) is 2.66. The van der Waals surface area contributed by atoms with Crippen LogP contribution in [0.5, 0.6) is 0 Å². The maximum Gasteiger partial charge on any atom is 0.0905 e. The molecule has 0 amide bonds. The van der Waals surface area contributed by atoms with E-state index >= 15 is 0 Å². The number of aryl methyl sites for hydroxylation is 1. The average molecular weight is 366 g/mol. The van der Waals surface area contributed by atoms with Crippen LogP contribution in [0.15, 0.2) is 36.5 Å². The first kappa shape index (κ1) is 16.5. The number of hydrogen-bond acceptors (Lipinski definition) is 2. The molecule has 146 valence electrons. The Morgan fingerprint density at radius 3 is 2.26 bits per heavy atom. The molecule has 2 heteroatoms. The van der Waals surface area contributed by atoms with E-state index in [4.69, 9.17) is 1.37 Å². The summed E-state index contributed by atoms with van der Waals surface area (Å²) in [6.45, 7) is 4.29. The largest absolute Gasteiger partial charge is 0.354 e. The smallest absolute Gasteiger partial charge is 0.0905 e. The van der Waals surface area contributed by atoms with Gasteiger partial charge in [-0.2, -0.15) is 0 Å². The lowest BCUT2D eigenvalue weighted by atomic mass is 9.57. The highest BCUT2D eigenvalue weighted by atomic mass is 15.4. The first-order valence-electron chi connectivity index (χ1n) is 12.0. The van der Waals surface area contributed by atoms with Gasteiger partial charge in [-0.05, 0) is 69.2 Å². The Kier molecular flexibility index (Phi) is 4.20. The first-order chi connectivity index (χ1) is 13.6. The molecule has 2 nitrogen and oxygen atoms in total. The lowest BCUT2D eigenvalue weighted by Crippen LogP contribution is -2.52. The molecule has 0 bridgehead atoms. The summed E-state index contributed by atoms with van der Waals surface area (Å²) in [6.07, 6.45) is 17.5. The van der Waals surface area contributed by atoms with Gasteiger partial charge in [-0.15, -0.1) is 0 Å². The van der Waals surface area contributed by atoms with Crippen LogP contribution in [0.2, 0.25) is 0 Å². The Morgan fingerprint density at radius 2 is 1.59 bits per heavy atom. The zero-order valence-corrected chi connectivity index (χ0v) is 17.1. The fourth-order valence-electron chi connectivity index (χ4n) is 7.09. The molecule has 0 radical (unpaired) electrons. The van der Waals surface area contributed by atoms with Gasteiger partial charge in [-0.3, -0.25) is 0 Å². The number of benzene rings is 1. The van der Waals surface area contributed by atoms with Crippen LogP contribution in [0.4, 0.5) is 5.69 Å². The van der Waals surface area contributed by atoms with Gasteiger partial charge in [-0.25, -0.2) is 0 Å². The second-order valence-electron chi connectivity index (χ2n) is 9.57. The Morgan fingerprint density at radius 1 is 0.963 bits per heavy atom. The van der Waals surface area contributed by atoms with Gasteiger partial charge in [0.2, 0.25) is 0 Å². The van der Waals surface area contributed by atoms with E-state index in [1.165, 1.54) is 69.0 Å². The number of anilines is 1. The minimum absolute atomic E-state index is 0.285. The molecule has 27 heavy (non-hydrogen) atoms. The van der Waals surface area contributed by atoms with Crippen LogP contribution in [0.25, 0.3) is 0 Å². The van der Waals surface area contributed by atoms with Crippen LogP contribution in [-0.2, 0) is 0 Å². The van der Waals surface area contributed by atoms with Crippen molar-refractivity contribution < 1.29 is 1.37 Å². The van der Waals surface area contributed by atoms with E-state index in [1.807, 2.05) is 0 Å². The summed E-state index contributed by atoms with van der Waals surface area (Å²) >= 11 is 0. The van der Waals surface area contributed by atoms with Crippen molar-refractivity contribution in [3.8, 4) is 0 Å². The lowest BCUT2D eigenvalue weighted by Gasteiger charge is -2.49. The molecule has 1 aromatic rings. The number of nitrogens with zero attached hydrogens (tertiary/aromatic N) is 2. The van der Waals surface area contributed by atoms with Crippen molar-refractivity contribution in [3.05, 3.63) is 42.1 Å². The predicted octanol–water partition coefficient (Wildman–Crippen LogP) is 6.12. The van der Waals surface area contributed by atoms with Gasteiger partial charge in [-0.1, -0.05) is 56.4 Å². The van der Waals surface area contributed by atoms with Gasteiger partial charge in [0.05, 0.1) is 14.1 Å². The Hall–Kier alpha value is -1.44. The van der Waals surface area contributed by atoms with E-state index in [9.17, 15) is 0 Å². The van der Waals surface area contributed by atoms with Crippen molar-refractivity contribution in [2.75, 3.05) is 11.5 Å². The highest BCUT2D eigenvalue weighted by Gasteiger charge is 2.58. The fourth-order valence-corrected chi connectivity index (χ4v) is 7.09. The van der Waals surface area contributed by atoms with Crippen molar-refractivity contribution in [2.45, 2.75) is 83.7 Å². The van der Waals surface area contributed by atoms with Crippen molar-refractivity contribution in [1.82, 2.24) is 4.90 Å². The standard InChI is InChI=1S/C25H36N2/c1-19-10-6-9-15-23(19)27-18-26-17-16-25(24(26)20(27)2,22-13-7-8-14-22)21-11-4-3-5-12-21/h6,9-10,15-17,20-22,24H,3-5,7-8,11-14,18H2,1-2H3/t20-,24?,25?/m0/s1/i18D/t18?,20-,24?,25?. The normalized spacial score (nSPS) is 37.9. The van der Waals surface area contributed by atoms with Crippen molar-refractivity contribution in [2.24, 2.45) is 17.3 Å². The topological polar surface area (TPSA) is 6.48 Å². The van der Waals surface area contributed by atoms with E-state index in [0.29, 0.717) is 12.1 Å². The molecule has 0 N–H and O–H groups in total. The molecule has 2 aliphatic carbocycles. The summed E-state index contributed by atoms with van der Waals surface area (Å²) in [7, 11) is 0. The van der Waals surface area contributed by atoms with Gasteiger partial charge in [0, 0.05) is 17.1 Å². The maximum atomic E-state index is 9.14. The SMILES string of the molecule is [2H]C1N2C=CC(C3CCCCC3)(C3CCCC3)C2[C@H](C)N1c1ccccc1C. The summed E-state index contributed by atoms with van der Waals surface area (Å²) in [5.41, 5.74) is 2.83. The zero-order valence-electron chi connectivity index (χ0n) is 18.1. The Labute approximate surface area is 167 Å². The Balaban J connectivity index is 1.56. The van der Waals surface area contributed by atoms with Gasteiger partial charge in [0.25, 0.3) is 0 Å². The third-order valence-electron chi connectivity index (χ3n) is 8.29. The highest BCUT2D eigenvalue weighted by molar-refractivity contribution is 5.55. The summed E-state index contributed by atoms with van der Waals surface area (Å²) in [5, 5.41) is 0. The quantitative estimate of drug-likeness (QED) is 0.637. The molecule has 4 atom stereocenters. The zero-order chi connectivity index (χ0) is 19.3. The molecule has 3 fully saturated rings. The molecule has 0 spiro atoms. The van der Waals surface area contributed by atoms with Gasteiger partial charge < -0.3 is 9.80 Å². The molecule has 3 unspecified atom stereocenters. The second-order valence-corrected chi connectivity index (χ2v) is 9.57. The molecule has 2 heterocycles. The average Bonchev–Trinajstić information content (AvgIpc) is 3.43. The monoisotopic (exact) mass is 365 g/mol. The lowest BCUT2D eigenvalue weighted by molar-refractivity contribution is 0.0390. The number of para-hydroxylation sites is 1. The van der Waals surface area contributed by atoms with Crippen molar-refractivity contribution in [3.63, 3.8) is 0 Å². The van der Waals surface area contributed by atoms with E-state index in [0.717, 1.165) is 11.8 Å². The predicted molar refractivity (Wildman–Crippen MR) is 114 cm³/mol. The van der Waals surface area contributed by atoms with Crippen LogP contribution in [-0.4, -0.2) is 23.6 Å². The Bertz CT molecular complexity index is 734. The fraction of sp³-hybridized carbons (Fsp3) is 0.680. The van der Waals surface area contributed by atoms with Crippen LogP contribution < -0.4 is 4.90 Å². The molecule has 1 saturated heterocycles. The minimum Gasteiger partial charge on any atom is -0.354 e. The molecular formula is C25H36N2.